The van der Waals surface area contributed by atoms with Gasteiger partial charge in [0, 0.05) is 19.1 Å². The molecular weight excluding hydrogens is 340 g/mol. The zero-order chi connectivity index (χ0) is 14.9. The second-order valence-electron chi connectivity index (χ2n) is 4.28. The third-order valence-corrected chi connectivity index (χ3v) is 3.93. The standard InChI is InChI=1S/C14H11Cl4NO/c1-19(2)11-5-4-9(16)13(18)14(11)20-12-6-3-8(15)7-10(12)17/h3-7H,1-2H3. The van der Waals surface area contributed by atoms with Crippen LogP contribution in [0.25, 0.3) is 0 Å². The van der Waals surface area contributed by atoms with Crippen LogP contribution in [0.3, 0.4) is 0 Å². The Morgan fingerprint density at radius 1 is 0.900 bits per heavy atom. The number of nitrogens with zero attached hydrogens (tertiary/aromatic N) is 1. The molecule has 0 saturated carbocycles. The van der Waals surface area contributed by atoms with E-state index in [1.54, 1.807) is 24.3 Å². The molecule has 0 bridgehead atoms. The molecule has 20 heavy (non-hydrogen) atoms. The van der Waals surface area contributed by atoms with E-state index >= 15 is 0 Å². The Morgan fingerprint density at radius 2 is 1.60 bits per heavy atom. The van der Waals surface area contributed by atoms with Gasteiger partial charge in [-0.05, 0) is 30.3 Å². The Kier molecular flexibility index (Phi) is 4.92. The van der Waals surface area contributed by atoms with Crippen molar-refractivity contribution < 1.29 is 4.74 Å². The number of hydrogen-bond donors (Lipinski definition) is 0. The largest absolute Gasteiger partial charge is 0.452 e. The Hall–Kier alpha value is -0.800. The number of anilines is 1. The van der Waals surface area contributed by atoms with Crippen LogP contribution in [0, 0.1) is 0 Å². The maximum atomic E-state index is 6.22. The molecule has 0 atom stereocenters. The fraction of sp³-hybridized carbons (Fsp3) is 0.143. The first-order chi connectivity index (χ1) is 9.40. The smallest absolute Gasteiger partial charge is 0.170 e. The molecule has 0 aliphatic rings. The van der Waals surface area contributed by atoms with Crippen molar-refractivity contribution in [3.63, 3.8) is 0 Å². The van der Waals surface area contributed by atoms with Crippen molar-refractivity contribution >= 4 is 52.1 Å². The first-order valence-electron chi connectivity index (χ1n) is 5.68. The number of halogens is 4. The highest BCUT2D eigenvalue weighted by molar-refractivity contribution is 6.43. The fourth-order valence-electron chi connectivity index (χ4n) is 1.64. The molecule has 106 valence electrons. The van der Waals surface area contributed by atoms with Gasteiger partial charge < -0.3 is 9.64 Å². The summed E-state index contributed by atoms with van der Waals surface area (Å²) in [5.74, 6) is 0.914. The SMILES string of the molecule is CN(C)c1ccc(Cl)c(Cl)c1Oc1ccc(Cl)cc1Cl. The van der Waals surface area contributed by atoms with Crippen LogP contribution < -0.4 is 9.64 Å². The summed E-state index contributed by atoms with van der Waals surface area (Å²) >= 11 is 24.2. The normalized spacial score (nSPS) is 10.5. The lowest BCUT2D eigenvalue weighted by molar-refractivity contribution is 0.483. The average molecular weight is 351 g/mol. The van der Waals surface area contributed by atoms with Gasteiger partial charge in [0.1, 0.15) is 10.8 Å². The van der Waals surface area contributed by atoms with Crippen LogP contribution >= 0.6 is 46.4 Å². The molecule has 6 heteroatoms. The summed E-state index contributed by atoms with van der Waals surface area (Å²) in [4.78, 5) is 1.88. The molecule has 0 saturated heterocycles. The minimum Gasteiger partial charge on any atom is -0.452 e. The van der Waals surface area contributed by atoms with E-state index in [1.165, 1.54) is 0 Å². The van der Waals surface area contributed by atoms with Gasteiger partial charge in [-0.2, -0.15) is 0 Å². The van der Waals surface area contributed by atoms with Gasteiger partial charge in [0.15, 0.2) is 5.75 Å². The van der Waals surface area contributed by atoms with Crippen molar-refractivity contribution in [1.29, 1.82) is 0 Å². The average Bonchev–Trinajstić information content (AvgIpc) is 2.37. The molecule has 0 unspecified atom stereocenters. The Balaban J connectivity index is 2.49. The maximum Gasteiger partial charge on any atom is 0.170 e. The number of hydrogen-bond acceptors (Lipinski definition) is 2. The first kappa shape index (κ1) is 15.6. The third kappa shape index (κ3) is 3.26. The Bertz CT molecular complexity index is 643. The molecule has 2 rings (SSSR count). The zero-order valence-electron chi connectivity index (χ0n) is 10.8. The lowest BCUT2D eigenvalue weighted by Gasteiger charge is -2.19. The van der Waals surface area contributed by atoms with E-state index in [-0.39, 0.29) is 0 Å². The van der Waals surface area contributed by atoms with E-state index in [2.05, 4.69) is 0 Å². The summed E-state index contributed by atoms with van der Waals surface area (Å²) in [6, 6.07) is 8.52. The van der Waals surface area contributed by atoms with Gasteiger partial charge in [-0.3, -0.25) is 0 Å². The van der Waals surface area contributed by atoms with Crippen molar-refractivity contribution in [2.45, 2.75) is 0 Å². The van der Waals surface area contributed by atoms with Crippen molar-refractivity contribution in [1.82, 2.24) is 0 Å². The third-order valence-electron chi connectivity index (χ3n) is 2.62. The van der Waals surface area contributed by atoms with E-state index in [9.17, 15) is 0 Å². The lowest BCUT2D eigenvalue weighted by atomic mass is 10.2. The van der Waals surface area contributed by atoms with Gasteiger partial charge in [0.25, 0.3) is 0 Å². The minimum atomic E-state index is 0.337. The van der Waals surface area contributed by atoms with Crippen LogP contribution in [-0.4, -0.2) is 14.1 Å². The predicted molar refractivity (Wildman–Crippen MR) is 87.3 cm³/mol. The van der Waals surface area contributed by atoms with Crippen LogP contribution in [0.2, 0.25) is 20.1 Å². The highest BCUT2D eigenvalue weighted by Gasteiger charge is 2.16. The van der Waals surface area contributed by atoms with Crippen LogP contribution in [0.15, 0.2) is 30.3 Å². The Morgan fingerprint density at radius 3 is 2.20 bits per heavy atom. The van der Waals surface area contributed by atoms with Gasteiger partial charge in [-0.25, -0.2) is 0 Å². The van der Waals surface area contributed by atoms with Crippen LogP contribution in [-0.2, 0) is 0 Å². The van der Waals surface area contributed by atoms with Gasteiger partial charge >= 0.3 is 0 Å². The van der Waals surface area contributed by atoms with Crippen LogP contribution in [0.5, 0.6) is 11.5 Å². The maximum absolute atomic E-state index is 6.22. The van der Waals surface area contributed by atoms with Crippen molar-refractivity contribution in [2.24, 2.45) is 0 Å². The summed E-state index contributed by atoms with van der Waals surface area (Å²) in [5, 5.41) is 1.69. The van der Waals surface area contributed by atoms with Gasteiger partial charge in [-0.15, -0.1) is 0 Å². The molecule has 0 N–H and O–H groups in total. The topological polar surface area (TPSA) is 12.5 Å². The summed E-state index contributed by atoms with van der Waals surface area (Å²) in [5.41, 5.74) is 0.797. The molecule has 2 aromatic rings. The highest BCUT2D eigenvalue weighted by Crippen LogP contribution is 2.43. The quantitative estimate of drug-likeness (QED) is 0.657. The lowest BCUT2D eigenvalue weighted by Crippen LogP contribution is -2.10. The summed E-state index contributed by atoms with van der Waals surface area (Å²) in [7, 11) is 3.77. The second kappa shape index (κ2) is 6.31. The van der Waals surface area contributed by atoms with E-state index in [0.717, 1.165) is 5.69 Å². The van der Waals surface area contributed by atoms with E-state index in [4.69, 9.17) is 51.1 Å². The monoisotopic (exact) mass is 349 g/mol. The van der Waals surface area contributed by atoms with E-state index in [0.29, 0.717) is 31.6 Å². The van der Waals surface area contributed by atoms with Crippen molar-refractivity contribution in [3.05, 3.63) is 50.4 Å². The molecule has 0 fully saturated rings. The molecule has 2 nitrogen and oxygen atoms in total. The molecular formula is C14H11Cl4NO. The summed E-state index contributed by atoms with van der Waals surface area (Å²) in [6.45, 7) is 0. The summed E-state index contributed by atoms with van der Waals surface area (Å²) < 4.78 is 5.82. The number of rotatable bonds is 3. The Labute approximate surface area is 137 Å². The second-order valence-corrected chi connectivity index (χ2v) is 5.91. The molecule has 0 amide bonds. The van der Waals surface area contributed by atoms with Crippen LogP contribution in [0.4, 0.5) is 5.69 Å². The molecule has 2 aromatic carbocycles. The molecule has 0 aliphatic carbocycles. The number of ether oxygens (including phenoxy) is 1. The van der Waals surface area contributed by atoms with Crippen molar-refractivity contribution in [2.75, 3.05) is 19.0 Å². The molecule has 0 aromatic heterocycles. The van der Waals surface area contributed by atoms with Crippen molar-refractivity contribution in [3.8, 4) is 11.5 Å². The van der Waals surface area contributed by atoms with Gasteiger partial charge in [0.05, 0.1) is 15.7 Å². The summed E-state index contributed by atoms with van der Waals surface area (Å²) in [6.07, 6.45) is 0. The van der Waals surface area contributed by atoms with Crippen LogP contribution in [0.1, 0.15) is 0 Å². The molecule has 0 heterocycles. The predicted octanol–water partition coefficient (Wildman–Crippen LogP) is 6.16. The fourth-order valence-corrected chi connectivity index (χ4v) is 2.43. The van der Waals surface area contributed by atoms with E-state index in [1.807, 2.05) is 25.1 Å². The van der Waals surface area contributed by atoms with Gasteiger partial charge in [0.2, 0.25) is 0 Å². The minimum absolute atomic E-state index is 0.337. The number of benzene rings is 2. The molecule has 0 radical (unpaired) electrons. The van der Waals surface area contributed by atoms with Gasteiger partial charge in [-0.1, -0.05) is 46.4 Å². The highest BCUT2D eigenvalue weighted by atomic mass is 35.5. The zero-order valence-corrected chi connectivity index (χ0v) is 13.8. The molecule has 0 aliphatic heterocycles. The van der Waals surface area contributed by atoms with E-state index < -0.39 is 0 Å². The first-order valence-corrected chi connectivity index (χ1v) is 7.19. The molecule has 0 spiro atoms.